The molecule has 0 bridgehead atoms. The number of nitrogens with one attached hydrogen (secondary N) is 1. The summed E-state index contributed by atoms with van der Waals surface area (Å²) >= 11 is 3.21. The molecule has 0 saturated heterocycles. The normalized spacial score (nSPS) is 11.1. The average Bonchev–Trinajstić information content (AvgIpc) is 2.41. The Hall–Kier alpha value is -1.86. The van der Waals surface area contributed by atoms with Crippen molar-refractivity contribution in [2.45, 2.75) is 11.8 Å². The number of hydrogen-bond donors (Lipinski definition) is 2. The van der Waals surface area contributed by atoms with Crippen LogP contribution in [-0.2, 0) is 10.0 Å². The van der Waals surface area contributed by atoms with Crippen molar-refractivity contribution in [1.82, 2.24) is 0 Å². The van der Waals surface area contributed by atoms with E-state index < -0.39 is 10.0 Å². The van der Waals surface area contributed by atoms with Gasteiger partial charge in [0.2, 0.25) is 0 Å². The summed E-state index contributed by atoms with van der Waals surface area (Å²) in [4.78, 5) is 11.3. The van der Waals surface area contributed by atoms with Crippen LogP contribution in [0.15, 0.2) is 51.8 Å². The lowest BCUT2D eigenvalue weighted by Gasteiger charge is -2.11. The van der Waals surface area contributed by atoms with Crippen LogP contribution in [0.2, 0.25) is 0 Å². The molecule has 0 heterocycles. The standard InChI is InChI=1S/C14H13BrN2O3S/c1-9(18)10-3-2-4-12(7-10)17-21(19,20)14-8-11(15)5-6-13(14)16/h2-8,17H,16H2,1H3. The Kier molecular flexibility index (Phi) is 4.34. The molecule has 0 spiro atoms. The number of rotatable bonds is 4. The quantitative estimate of drug-likeness (QED) is 0.640. The van der Waals surface area contributed by atoms with Gasteiger partial charge in [-0.05, 0) is 37.3 Å². The fraction of sp³-hybridized carbons (Fsp3) is 0.0714. The van der Waals surface area contributed by atoms with Gasteiger partial charge in [0.15, 0.2) is 5.78 Å². The van der Waals surface area contributed by atoms with Crippen molar-refractivity contribution in [2.75, 3.05) is 10.5 Å². The van der Waals surface area contributed by atoms with Gasteiger partial charge in [0, 0.05) is 15.7 Å². The second-order valence-corrected chi connectivity index (χ2v) is 6.99. The molecule has 0 atom stereocenters. The number of benzene rings is 2. The third-order valence-corrected chi connectivity index (χ3v) is 4.72. The lowest BCUT2D eigenvalue weighted by Crippen LogP contribution is -2.15. The van der Waals surface area contributed by atoms with Crippen molar-refractivity contribution >= 4 is 43.1 Å². The maximum absolute atomic E-state index is 12.4. The van der Waals surface area contributed by atoms with E-state index in [1.165, 1.54) is 25.1 Å². The molecule has 7 heteroatoms. The van der Waals surface area contributed by atoms with Gasteiger partial charge in [-0.25, -0.2) is 8.42 Å². The van der Waals surface area contributed by atoms with Gasteiger partial charge in [-0.3, -0.25) is 9.52 Å². The summed E-state index contributed by atoms with van der Waals surface area (Å²) in [5, 5.41) is 0. The first-order valence-corrected chi connectivity index (χ1v) is 8.26. The van der Waals surface area contributed by atoms with E-state index in [1.54, 1.807) is 24.3 Å². The highest BCUT2D eigenvalue weighted by molar-refractivity contribution is 9.10. The van der Waals surface area contributed by atoms with Crippen LogP contribution in [0, 0.1) is 0 Å². The summed E-state index contributed by atoms with van der Waals surface area (Å²) < 4.78 is 27.7. The highest BCUT2D eigenvalue weighted by Gasteiger charge is 2.18. The number of Topliss-reactive ketones (excluding diaryl/α,β-unsaturated/α-hetero) is 1. The first-order chi connectivity index (χ1) is 9.79. The van der Waals surface area contributed by atoms with E-state index >= 15 is 0 Å². The lowest BCUT2D eigenvalue weighted by atomic mass is 10.1. The van der Waals surface area contributed by atoms with Gasteiger partial charge in [-0.1, -0.05) is 28.1 Å². The second-order valence-electron chi connectivity index (χ2n) is 4.42. The van der Waals surface area contributed by atoms with Gasteiger partial charge in [0.1, 0.15) is 4.90 Å². The van der Waals surface area contributed by atoms with Gasteiger partial charge in [0.25, 0.3) is 10.0 Å². The van der Waals surface area contributed by atoms with Crippen molar-refractivity contribution in [3.63, 3.8) is 0 Å². The molecule has 0 aliphatic carbocycles. The van der Waals surface area contributed by atoms with E-state index in [4.69, 9.17) is 5.73 Å². The van der Waals surface area contributed by atoms with Gasteiger partial charge in [0.05, 0.1) is 5.69 Å². The Morgan fingerprint density at radius 1 is 1.19 bits per heavy atom. The van der Waals surface area contributed by atoms with Crippen molar-refractivity contribution < 1.29 is 13.2 Å². The maximum atomic E-state index is 12.4. The van der Waals surface area contributed by atoms with Crippen molar-refractivity contribution in [1.29, 1.82) is 0 Å². The summed E-state index contributed by atoms with van der Waals surface area (Å²) in [6.07, 6.45) is 0. The number of anilines is 2. The smallest absolute Gasteiger partial charge is 0.263 e. The van der Waals surface area contributed by atoms with E-state index in [1.807, 2.05) is 0 Å². The number of ketones is 1. The number of hydrogen-bond acceptors (Lipinski definition) is 4. The molecular formula is C14H13BrN2O3S. The summed E-state index contributed by atoms with van der Waals surface area (Å²) in [7, 11) is -3.83. The monoisotopic (exact) mass is 368 g/mol. The summed E-state index contributed by atoms with van der Waals surface area (Å²) in [5.41, 5.74) is 6.60. The minimum atomic E-state index is -3.83. The maximum Gasteiger partial charge on any atom is 0.263 e. The van der Waals surface area contributed by atoms with E-state index in [-0.39, 0.29) is 16.4 Å². The molecular weight excluding hydrogens is 356 g/mol. The Morgan fingerprint density at radius 3 is 2.57 bits per heavy atom. The minimum Gasteiger partial charge on any atom is -0.398 e. The van der Waals surface area contributed by atoms with Crippen LogP contribution in [0.25, 0.3) is 0 Å². The summed E-state index contributed by atoms with van der Waals surface area (Å²) in [6.45, 7) is 1.42. The first kappa shape index (κ1) is 15.5. The molecule has 21 heavy (non-hydrogen) atoms. The molecule has 5 nitrogen and oxygen atoms in total. The number of carbonyl (C=O) groups excluding carboxylic acids is 1. The predicted octanol–water partition coefficient (Wildman–Crippen LogP) is 3.03. The summed E-state index contributed by atoms with van der Waals surface area (Å²) in [5.74, 6) is -0.141. The zero-order valence-corrected chi connectivity index (χ0v) is 13.5. The van der Waals surface area contributed by atoms with Crippen molar-refractivity contribution in [3.8, 4) is 0 Å². The number of sulfonamides is 1. The van der Waals surface area contributed by atoms with Crippen molar-refractivity contribution in [3.05, 3.63) is 52.5 Å². The molecule has 0 aliphatic heterocycles. The van der Waals surface area contributed by atoms with Crippen LogP contribution in [0.1, 0.15) is 17.3 Å². The average molecular weight is 369 g/mol. The molecule has 0 amide bonds. The zero-order chi connectivity index (χ0) is 15.6. The van der Waals surface area contributed by atoms with Crippen LogP contribution in [0.3, 0.4) is 0 Å². The Morgan fingerprint density at radius 2 is 1.90 bits per heavy atom. The van der Waals surface area contributed by atoms with Gasteiger partial charge in [-0.15, -0.1) is 0 Å². The Balaban J connectivity index is 2.40. The molecule has 110 valence electrons. The molecule has 0 aromatic heterocycles. The van der Waals surface area contributed by atoms with E-state index in [9.17, 15) is 13.2 Å². The molecule has 2 aromatic carbocycles. The highest BCUT2D eigenvalue weighted by Crippen LogP contribution is 2.25. The number of carbonyl (C=O) groups is 1. The molecule has 2 aromatic rings. The summed E-state index contributed by atoms with van der Waals surface area (Å²) in [6, 6.07) is 10.9. The van der Waals surface area contributed by atoms with Gasteiger partial charge in [-0.2, -0.15) is 0 Å². The topological polar surface area (TPSA) is 89.3 Å². The van der Waals surface area contributed by atoms with Gasteiger partial charge < -0.3 is 5.73 Å². The molecule has 2 rings (SSSR count). The van der Waals surface area contributed by atoms with Gasteiger partial charge >= 0.3 is 0 Å². The SMILES string of the molecule is CC(=O)c1cccc(NS(=O)(=O)c2cc(Br)ccc2N)c1. The largest absolute Gasteiger partial charge is 0.398 e. The molecule has 3 N–H and O–H groups in total. The minimum absolute atomic E-state index is 0.0231. The predicted molar refractivity (Wildman–Crippen MR) is 85.8 cm³/mol. The zero-order valence-electron chi connectivity index (χ0n) is 11.1. The molecule has 0 radical (unpaired) electrons. The van der Waals surface area contributed by atoms with E-state index in [0.717, 1.165) is 0 Å². The third kappa shape index (κ3) is 3.62. The third-order valence-electron chi connectivity index (χ3n) is 2.79. The van der Waals surface area contributed by atoms with E-state index in [0.29, 0.717) is 15.7 Å². The van der Waals surface area contributed by atoms with Crippen LogP contribution in [0.5, 0.6) is 0 Å². The lowest BCUT2D eigenvalue weighted by molar-refractivity contribution is 0.101. The van der Waals surface area contributed by atoms with Crippen LogP contribution in [-0.4, -0.2) is 14.2 Å². The number of halogens is 1. The fourth-order valence-electron chi connectivity index (χ4n) is 1.75. The number of nitrogens with two attached hydrogens (primary N) is 1. The molecule has 0 fully saturated rings. The molecule has 0 unspecified atom stereocenters. The molecule has 0 saturated carbocycles. The van der Waals surface area contributed by atoms with E-state index in [2.05, 4.69) is 20.7 Å². The van der Waals surface area contributed by atoms with Crippen molar-refractivity contribution in [2.24, 2.45) is 0 Å². The highest BCUT2D eigenvalue weighted by atomic mass is 79.9. The van der Waals surface area contributed by atoms with Crippen LogP contribution < -0.4 is 10.5 Å². The van der Waals surface area contributed by atoms with Crippen LogP contribution >= 0.6 is 15.9 Å². The number of nitrogen functional groups attached to an aromatic ring is 1. The van der Waals surface area contributed by atoms with Crippen LogP contribution in [0.4, 0.5) is 11.4 Å². The Bertz CT molecular complexity index is 804. The molecule has 0 aliphatic rings. The second kappa shape index (κ2) is 5.87. The Labute approximate surface area is 131 Å². The first-order valence-electron chi connectivity index (χ1n) is 5.98. The fourth-order valence-corrected chi connectivity index (χ4v) is 3.47.